The highest BCUT2D eigenvalue weighted by Gasteiger charge is 2.38. The Hall–Kier alpha value is -7.89. The number of hydrogen-bond donors (Lipinski definition) is 0. The lowest BCUT2D eigenvalue weighted by Crippen LogP contribution is -2.33. The number of ether oxygens (including phenoxy) is 1. The van der Waals surface area contributed by atoms with Gasteiger partial charge in [-0.1, -0.05) is 201 Å². The van der Waals surface area contributed by atoms with Gasteiger partial charge in [0, 0.05) is 48.7 Å². The van der Waals surface area contributed by atoms with E-state index in [9.17, 15) is 9.60 Å². The number of aromatic nitrogens is 2. The fraction of sp³-hybridized carbons (Fsp3) is 0.321. The van der Waals surface area contributed by atoms with Gasteiger partial charge in [-0.05, 0) is 175 Å². The Morgan fingerprint density at radius 3 is 1.88 bits per heavy atom. The number of para-hydroxylation sites is 3. The summed E-state index contributed by atoms with van der Waals surface area (Å²) in [5.41, 5.74) is 11.5. The summed E-state index contributed by atoms with van der Waals surface area (Å²) in [5.74, 6) is 0.994. The van der Waals surface area contributed by atoms with Crippen molar-refractivity contribution in [3.63, 3.8) is 0 Å². The Labute approximate surface area is 509 Å². The van der Waals surface area contributed by atoms with Crippen LogP contribution in [0.2, 0.25) is 0 Å². The minimum Gasteiger partial charge on any atom is -0.457 e. The molecule has 422 valence electrons. The number of hydrogen-bond acceptors (Lipinski definition) is 4. The van der Waals surface area contributed by atoms with Crippen molar-refractivity contribution in [1.82, 2.24) is 9.55 Å². The second-order valence-corrected chi connectivity index (χ2v) is 27.7. The number of anilines is 4. The summed E-state index contributed by atoms with van der Waals surface area (Å²) in [6.07, 6.45) is 1.82. The standard InChI is InChI=1S/C78H84N4O/c1-50(2)41-51-42-63(53-29-27-52(28-30-53)60-34-32-55(74(3,4)5)45-66(60)76(9,10)11)73(64(43-51)54-31-36-65-67(44-54)78(14,15)39-38-77(65,12)13)81-49-80(69-25-18-19-26-70(69)81)57-21-20-22-58(47-57)83-59-33-35-62-61-23-16-17-24-68(61)82(71(62)48-59)72-46-56(37-40-79-72)75(6,7)8/h16-37,40,42-48,50H,38-39,41,49H2,1-15H3/i16D,17D,23D,24D,27D,28D,29D,30D,41D2. The van der Waals surface area contributed by atoms with Crippen LogP contribution in [0.25, 0.3) is 61.0 Å². The molecule has 3 heterocycles. The quantitative estimate of drug-likeness (QED) is 0.137. The minimum atomic E-state index is -1.90. The topological polar surface area (TPSA) is 33.5 Å². The summed E-state index contributed by atoms with van der Waals surface area (Å²) in [6.45, 7) is 32.2. The van der Waals surface area contributed by atoms with Crippen molar-refractivity contribution in [2.75, 3.05) is 16.5 Å². The van der Waals surface area contributed by atoms with Crippen molar-refractivity contribution in [3.8, 4) is 50.7 Å². The van der Waals surface area contributed by atoms with Gasteiger partial charge in [0.25, 0.3) is 0 Å². The lowest BCUT2D eigenvalue weighted by atomic mass is 9.63. The predicted molar refractivity (Wildman–Crippen MR) is 353 cm³/mol. The van der Waals surface area contributed by atoms with Gasteiger partial charge in [0.15, 0.2) is 0 Å². The van der Waals surface area contributed by atoms with E-state index in [4.69, 9.17) is 13.8 Å². The van der Waals surface area contributed by atoms with E-state index in [1.54, 1.807) is 16.8 Å². The van der Waals surface area contributed by atoms with E-state index in [2.05, 4.69) is 136 Å². The second kappa shape index (κ2) is 20.5. The summed E-state index contributed by atoms with van der Waals surface area (Å²) in [5, 5.41) is 1.00. The molecule has 0 unspecified atom stereocenters. The lowest BCUT2D eigenvalue weighted by Gasteiger charge is -2.42. The van der Waals surface area contributed by atoms with Crippen LogP contribution < -0.4 is 14.5 Å². The van der Waals surface area contributed by atoms with Gasteiger partial charge in [0.1, 0.15) is 24.0 Å². The number of nitrogens with zero attached hydrogens (tertiary/aromatic N) is 4. The van der Waals surface area contributed by atoms with Crippen LogP contribution in [0.1, 0.15) is 164 Å². The number of pyridine rings is 1. The smallest absolute Gasteiger partial charge is 0.137 e. The van der Waals surface area contributed by atoms with Crippen molar-refractivity contribution < 1.29 is 18.4 Å². The zero-order valence-corrected chi connectivity index (χ0v) is 51.1. The molecule has 83 heavy (non-hydrogen) atoms. The third-order valence-corrected chi connectivity index (χ3v) is 17.2. The molecule has 0 fully saturated rings. The van der Waals surface area contributed by atoms with E-state index < -0.39 is 17.7 Å². The van der Waals surface area contributed by atoms with E-state index >= 15 is 0 Å². The first-order chi connectivity index (χ1) is 43.4. The summed E-state index contributed by atoms with van der Waals surface area (Å²) >= 11 is 0. The summed E-state index contributed by atoms with van der Waals surface area (Å²) < 4.78 is 105. The molecule has 0 spiro atoms. The SMILES string of the molecule is [2H]c1c([2H])c(-c2cc(C([2H])([2H])C(C)C)cc(-c3ccc4c(c3)C(C)(C)CCC4(C)C)c2N2CN(c3cccc(Oc4ccc5c6c([2H])c([2H])c([2H])c([2H])c6n(-c6cc(C(C)(C)C)ccn6)c5c4)c3)c3ccccc32)c([2H])c([2H])c1-c1ccc(C(C)(C)C)cc1C(C)(C)C. The first-order valence-electron chi connectivity index (χ1n) is 34.5. The van der Waals surface area contributed by atoms with Crippen LogP contribution in [-0.4, -0.2) is 16.2 Å². The molecule has 0 amide bonds. The molecule has 0 atom stereocenters. The first-order valence-corrected chi connectivity index (χ1v) is 29.5. The Kier molecular flexibility index (Phi) is 11.0. The van der Waals surface area contributed by atoms with Crippen molar-refractivity contribution in [2.24, 2.45) is 5.92 Å². The van der Waals surface area contributed by atoms with Crippen molar-refractivity contribution >= 4 is 44.6 Å². The van der Waals surface area contributed by atoms with E-state index in [-0.39, 0.29) is 87.8 Å². The molecule has 5 heteroatoms. The molecule has 2 aliphatic rings. The van der Waals surface area contributed by atoms with Crippen LogP contribution in [0.4, 0.5) is 22.7 Å². The van der Waals surface area contributed by atoms with Gasteiger partial charge in [-0.15, -0.1) is 0 Å². The maximum Gasteiger partial charge on any atom is 0.137 e. The molecule has 2 aromatic heterocycles. The van der Waals surface area contributed by atoms with Crippen molar-refractivity contribution in [1.29, 1.82) is 0 Å². The Morgan fingerprint density at radius 2 is 1.19 bits per heavy atom. The van der Waals surface area contributed by atoms with Gasteiger partial charge in [0.05, 0.1) is 39.1 Å². The zero-order valence-electron chi connectivity index (χ0n) is 61.1. The molecule has 0 saturated heterocycles. The molecule has 0 radical (unpaired) electrons. The summed E-state index contributed by atoms with van der Waals surface area (Å²) in [4.78, 5) is 9.15. The van der Waals surface area contributed by atoms with Crippen LogP contribution in [0.3, 0.4) is 0 Å². The van der Waals surface area contributed by atoms with E-state index in [1.165, 1.54) is 11.1 Å². The highest BCUT2D eigenvalue weighted by Crippen LogP contribution is 2.53. The van der Waals surface area contributed by atoms with Crippen LogP contribution in [0.15, 0.2) is 182 Å². The highest BCUT2D eigenvalue weighted by atomic mass is 16.5. The molecule has 1 aliphatic carbocycles. The Morgan fingerprint density at radius 1 is 0.554 bits per heavy atom. The van der Waals surface area contributed by atoms with Crippen LogP contribution in [0, 0.1) is 5.92 Å². The van der Waals surface area contributed by atoms with E-state index in [1.807, 2.05) is 98.8 Å². The normalized spacial score (nSPS) is 17.0. The van der Waals surface area contributed by atoms with Crippen LogP contribution in [0.5, 0.6) is 11.5 Å². The molecule has 1 aliphatic heterocycles. The average Bonchev–Trinajstić information content (AvgIpc) is 1.58. The Balaban J connectivity index is 1.05. The molecule has 8 aromatic carbocycles. The maximum absolute atomic E-state index is 10.3. The van der Waals surface area contributed by atoms with Crippen molar-refractivity contribution in [3.05, 3.63) is 215 Å². The summed E-state index contributed by atoms with van der Waals surface area (Å²) in [6, 6.07) is 40.1. The van der Waals surface area contributed by atoms with Crippen LogP contribution >= 0.6 is 0 Å². The fourth-order valence-electron chi connectivity index (χ4n) is 12.4. The minimum absolute atomic E-state index is 0.0765. The van der Waals surface area contributed by atoms with E-state index in [0.717, 1.165) is 52.2 Å². The van der Waals surface area contributed by atoms with Gasteiger partial charge in [-0.3, -0.25) is 4.57 Å². The number of benzene rings is 8. The third kappa shape index (κ3) is 10.4. The largest absolute Gasteiger partial charge is 0.457 e. The highest BCUT2D eigenvalue weighted by molar-refractivity contribution is 6.09. The lowest BCUT2D eigenvalue weighted by molar-refractivity contribution is 0.332. The van der Waals surface area contributed by atoms with Gasteiger partial charge in [-0.25, -0.2) is 4.98 Å². The van der Waals surface area contributed by atoms with Gasteiger partial charge in [0.2, 0.25) is 0 Å². The van der Waals surface area contributed by atoms with Gasteiger partial charge < -0.3 is 14.5 Å². The second-order valence-electron chi connectivity index (χ2n) is 27.7. The monoisotopic (exact) mass is 1100 g/mol. The van der Waals surface area contributed by atoms with Gasteiger partial charge >= 0.3 is 0 Å². The third-order valence-electron chi connectivity index (χ3n) is 17.2. The Bertz CT molecular complexity index is 4680. The van der Waals surface area contributed by atoms with Crippen molar-refractivity contribution in [2.45, 2.75) is 150 Å². The molecule has 0 bridgehead atoms. The molecular weight excluding hydrogens is 1010 g/mol. The van der Waals surface area contributed by atoms with E-state index in [0.29, 0.717) is 67.1 Å². The number of fused-ring (bicyclic) bond motifs is 5. The molecular formula is C78H84N4O. The fourth-order valence-corrected chi connectivity index (χ4v) is 12.4. The average molecular weight is 1100 g/mol. The molecule has 12 rings (SSSR count). The first kappa shape index (κ1) is 44.7. The number of rotatable bonds is 10. The molecule has 10 aromatic rings. The molecule has 0 saturated carbocycles. The molecule has 0 N–H and O–H groups in total. The predicted octanol–water partition coefficient (Wildman–Crippen LogP) is 21.7. The summed E-state index contributed by atoms with van der Waals surface area (Å²) in [7, 11) is 0. The van der Waals surface area contributed by atoms with Gasteiger partial charge in [-0.2, -0.15) is 0 Å². The van der Waals surface area contributed by atoms with Crippen LogP contribution in [-0.2, 0) is 33.4 Å². The zero-order chi connectivity index (χ0) is 67.3. The maximum atomic E-state index is 10.3. The molecule has 5 nitrogen and oxygen atoms in total.